The van der Waals surface area contributed by atoms with E-state index >= 15 is 0 Å². The van der Waals surface area contributed by atoms with Gasteiger partial charge in [0.15, 0.2) is 0 Å². The molecule has 144 valence electrons. The SMILES string of the molecule is CC(C)[C@H]1CC[C@@H]2[C@H]3[C@H](O)C[C@@H]4C[C@H](O)CC[C@]4(C)[C@@H]3C[C@H](O)[C@]12C. The van der Waals surface area contributed by atoms with Crippen molar-refractivity contribution < 1.29 is 15.3 Å². The van der Waals surface area contributed by atoms with E-state index in [0.29, 0.717) is 35.5 Å². The first-order valence-electron chi connectivity index (χ1n) is 10.7. The molecule has 3 nitrogen and oxygen atoms in total. The fraction of sp³-hybridized carbons (Fsp3) is 1.00. The van der Waals surface area contributed by atoms with Crippen molar-refractivity contribution in [2.45, 2.75) is 91.0 Å². The van der Waals surface area contributed by atoms with E-state index in [2.05, 4.69) is 27.7 Å². The lowest BCUT2D eigenvalue weighted by Gasteiger charge is -2.63. The Labute approximate surface area is 153 Å². The van der Waals surface area contributed by atoms with Crippen LogP contribution >= 0.6 is 0 Å². The minimum Gasteiger partial charge on any atom is -0.393 e. The third kappa shape index (κ3) is 2.41. The van der Waals surface area contributed by atoms with Gasteiger partial charge in [0.05, 0.1) is 18.3 Å². The molecule has 25 heavy (non-hydrogen) atoms. The van der Waals surface area contributed by atoms with Crippen LogP contribution in [0.4, 0.5) is 0 Å². The summed E-state index contributed by atoms with van der Waals surface area (Å²) in [5, 5.41) is 32.6. The zero-order chi connectivity index (χ0) is 18.1. The molecule has 0 aromatic carbocycles. The Morgan fingerprint density at radius 2 is 1.60 bits per heavy atom. The lowest BCUT2D eigenvalue weighted by Crippen LogP contribution is -2.62. The normalized spacial score (nSPS) is 58.6. The molecular weight excluding hydrogens is 312 g/mol. The van der Waals surface area contributed by atoms with Crippen LogP contribution in [0.2, 0.25) is 0 Å². The Balaban J connectivity index is 1.70. The predicted molar refractivity (Wildman–Crippen MR) is 98.8 cm³/mol. The molecule has 0 heterocycles. The van der Waals surface area contributed by atoms with Gasteiger partial charge in [0.25, 0.3) is 0 Å². The van der Waals surface area contributed by atoms with E-state index in [-0.39, 0.29) is 29.1 Å². The highest BCUT2D eigenvalue weighted by Gasteiger charge is 2.65. The zero-order valence-corrected chi connectivity index (χ0v) is 16.5. The van der Waals surface area contributed by atoms with Crippen molar-refractivity contribution in [2.75, 3.05) is 0 Å². The van der Waals surface area contributed by atoms with Crippen LogP contribution in [0.5, 0.6) is 0 Å². The van der Waals surface area contributed by atoms with Gasteiger partial charge in [-0.3, -0.25) is 0 Å². The second kappa shape index (κ2) is 5.94. The first kappa shape index (κ1) is 18.3. The predicted octanol–water partition coefficient (Wildman–Crippen LogP) is 3.60. The quantitative estimate of drug-likeness (QED) is 0.677. The van der Waals surface area contributed by atoms with Crippen LogP contribution in [0.3, 0.4) is 0 Å². The summed E-state index contributed by atoms with van der Waals surface area (Å²) in [6.45, 7) is 9.32. The second-order valence-corrected chi connectivity index (χ2v) is 10.8. The highest BCUT2D eigenvalue weighted by molar-refractivity contribution is 5.14. The number of fused-ring (bicyclic) bond motifs is 5. The fourth-order valence-electron chi connectivity index (χ4n) is 8.29. The monoisotopic (exact) mass is 350 g/mol. The van der Waals surface area contributed by atoms with Crippen LogP contribution in [-0.2, 0) is 0 Å². The smallest absolute Gasteiger partial charge is 0.0602 e. The van der Waals surface area contributed by atoms with Gasteiger partial charge in [-0.2, -0.15) is 0 Å². The molecule has 4 aliphatic carbocycles. The Morgan fingerprint density at radius 3 is 2.28 bits per heavy atom. The number of rotatable bonds is 1. The van der Waals surface area contributed by atoms with E-state index in [0.717, 1.165) is 38.5 Å². The molecule has 0 aromatic rings. The molecule has 0 aliphatic heterocycles. The van der Waals surface area contributed by atoms with Gasteiger partial charge < -0.3 is 15.3 Å². The fourth-order valence-corrected chi connectivity index (χ4v) is 8.29. The molecule has 0 aromatic heterocycles. The summed E-state index contributed by atoms with van der Waals surface area (Å²) >= 11 is 0. The van der Waals surface area contributed by atoms with Gasteiger partial charge in [-0.05, 0) is 91.3 Å². The van der Waals surface area contributed by atoms with E-state index in [4.69, 9.17) is 0 Å². The van der Waals surface area contributed by atoms with Gasteiger partial charge in [-0.15, -0.1) is 0 Å². The number of hydrogen-bond acceptors (Lipinski definition) is 3. The average molecular weight is 351 g/mol. The zero-order valence-electron chi connectivity index (χ0n) is 16.5. The van der Waals surface area contributed by atoms with Crippen molar-refractivity contribution in [1.82, 2.24) is 0 Å². The number of hydrogen-bond donors (Lipinski definition) is 3. The van der Waals surface area contributed by atoms with Gasteiger partial charge in [0.2, 0.25) is 0 Å². The summed E-state index contributed by atoms with van der Waals surface area (Å²) in [4.78, 5) is 0. The van der Waals surface area contributed by atoms with Gasteiger partial charge in [-0.25, -0.2) is 0 Å². The number of aliphatic hydroxyl groups is 3. The topological polar surface area (TPSA) is 60.7 Å². The lowest BCUT2D eigenvalue weighted by molar-refractivity contribution is -0.206. The van der Waals surface area contributed by atoms with Crippen molar-refractivity contribution in [3.8, 4) is 0 Å². The molecule has 0 amide bonds. The molecule has 4 fully saturated rings. The van der Waals surface area contributed by atoms with E-state index < -0.39 is 0 Å². The van der Waals surface area contributed by atoms with Crippen LogP contribution in [0, 0.1) is 46.3 Å². The third-order valence-corrected chi connectivity index (χ3v) is 9.64. The summed E-state index contributed by atoms with van der Waals surface area (Å²) in [7, 11) is 0. The minimum absolute atomic E-state index is 0.0340. The summed E-state index contributed by atoms with van der Waals surface area (Å²) in [5.74, 6) is 2.77. The molecule has 4 saturated carbocycles. The Kier molecular flexibility index (Phi) is 4.34. The van der Waals surface area contributed by atoms with Crippen molar-refractivity contribution >= 4 is 0 Å². The molecule has 4 aliphatic rings. The van der Waals surface area contributed by atoms with Gasteiger partial charge >= 0.3 is 0 Å². The Morgan fingerprint density at radius 1 is 0.880 bits per heavy atom. The molecular formula is C22H38O3. The van der Waals surface area contributed by atoms with Crippen LogP contribution < -0.4 is 0 Å². The van der Waals surface area contributed by atoms with Crippen molar-refractivity contribution in [3.05, 3.63) is 0 Å². The molecule has 0 bridgehead atoms. The molecule has 0 saturated heterocycles. The molecule has 0 spiro atoms. The van der Waals surface area contributed by atoms with Crippen LogP contribution in [0.25, 0.3) is 0 Å². The first-order chi connectivity index (χ1) is 11.7. The highest BCUT2D eigenvalue weighted by Crippen LogP contribution is 2.68. The van der Waals surface area contributed by atoms with Crippen molar-refractivity contribution in [2.24, 2.45) is 46.3 Å². The summed E-state index contributed by atoms with van der Waals surface area (Å²) in [5.41, 5.74) is 0.148. The maximum atomic E-state index is 11.3. The van der Waals surface area contributed by atoms with E-state index in [1.807, 2.05) is 0 Å². The second-order valence-electron chi connectivity index (χ2n) is 10.8. The Bertz CT molecular complexity index is 519. The average Bonchev–Trinajstić information content (AvgIpc) is 2.89. The first-order valence-corrected chi connectivity index (χ1v) is 10.7. The summed E-state index contributed by atoms with van der Waals surface area (Å²) in [6.07, 6.45) is 6.14. The van der Waals surface area contributed by atoms with E-state index in [1.165, 1.54) is 6.42 Å². The molecule has 10 atom stereocenters. The van der Waals surface area contributed by atoms with Crippen LogP contribution in [0.1, 0.15) is 72.6 Å². The molecule has 3 heteroatoms. The lowest BCUT2D eigenvalue weighted by atomic mass is 9.43. The molecule has 0 unspecified atom stereocenters. The van der Waals surface area contributed by atoms with Crippen molar-refractivity contribution in [3.63, 3.8) is 0 Å². The van der Waals surface area contributed by atoms with Crippen LogP contribution in [-0.4, -0.2) is 33.6 Å². The van der Waals surface area contributed by atoms with Crippen molar-refractivity contribution in [1.29, 1.82) is 0 Å². The third-order valence-electron chi connectivity index (χ3n) is 9.64. The largest absolute Gasteiger partial charge is 0.393 e. The minimum atomic E-state index is -0.254. The number of aliphatic hydroxyl groups excluding tert-OH is 3. The molecule has 3 N–H and O–H groups in total. The maximum Gasteiger partial charge on any atom is 0.0602 e. The Hall–Kier alpha value is -0.120. The van der Waals surface area contributed by atoms with Gasteiger partial charge in [0, 0.05) is 0 Å². The summed E-state index contributed by atoms with van der Waals surface area (Å²) < 4.78 is 0. The standard InChI is InChI=1S/C22H38O3/c1-12(2)15-5-6-16-20-17(11-19(25)22(15,16)4)21(3)8-7-14(23)9-13(21)10-18(20)24/h12-20,23-25H,5-11H2,1-4H3/t13-,14+,15+,16+,17+,18+,19-,20+,21-,22+/m0/s1. The molecule has 4 rings (SSSR count). The van der Waals surface area contributed by atoms with E-state index in [1.54, 1.807) is 0 Å². The van der Waals surface area contributed by atoms with E-state index in [9.17, 15) is 15.3 Å². The highest BCUT2D eigenvalue weighted by atomic mass is 16.3. The maximum absolute atomic E-state index is 11.3. The molecule has 0 radical (unpaired) electrons. The summed E-state index contributed by atoms with van der Waals surface area (Å²) in [6, 6.07) is 0. The van der Waals surface area contributed by atoms with Crippen LogP contribution in [0.15, 0.2) is 0 Å². The van der Waals surface area contributed by atoms with Gasteiger partial charge in [-0.1, -0.05) is 27.7 Å². The van der Waals surface area contributed by atoms with Gasteiger partial charge in [0.1, 0.15) is 0 Å².